The first-order valence-corrected chi connectivity index (χ1v) is 7.75. The van der Waals surface area contributed by atoms with E-state index in [2.05, 4.69) is 5.32 Å². The number of rotatable bonds is 4. The third kappa shape index (κ3) is 4.11. The van der Waals surface area contributed by atoms with Gasteiger partial charge in [-0.15, -0.1) is 0 Å². The summed E-state index contributed by atoms with van der Waals surface area (Å²) in [4.78, 5) is 12.0. The van der Waals surface area contributed by atoms with Crippen LogP contribution in [0, 0.1) is 5.92 Å². The first-order valence-electron chi connectivity index (χ1n) is 6.99. The number of nitrogens with one attached hydrogen (secondary N) is 1. The summed E-state index contributed by atoms with van der Waals surface area (Å²) in [6.45, 7) is 0.256. The highest BCUT2D eigenvalue weighted by atomic mass is 35.5. The number of halogens is 2. The molecule has 2 N–H and O–H groups in total. The Morgan fingerprint density at radius 1 is 1.30 bits per heavy atom. The van der Waals surface area contributed by atoms with Crippen LogP contribution in [-0.2, 0) is 0 Å². The number of amides is 1. The zero-order valence-corrected chi connectivity index (χ0v) is 12.8. The lowest BCUT2D eigenvalue weighted by molar-refractivity contribution is 0.0738. The predicted molar refractivity (Wildman–Crippen MR) is 81.4 cm³/mol. The van der Waals surface area contributed by atoms with Crippen LogP contribution in [0.15, 0.2) is 18.2 Å². The van der Waals surface area contributed by atoms with Crippen molar-refractivity contribution in [1.82, 2.24) is 5.32 Å². The van der Waals surface area contributed by atoms with E-state index in [1.54, 1.807) is 12.1 Å². The van der Waals surface area contributed by atoms with Crippen molar-refractivity contribution in [2.75, 3.05) is 6.54 Å². The van der Waals surface area contributed by atoms with Gasteiger partial charge in [-0.3, -0.25) is 4.79 Å². The van der Waals surface area contributed by atoms with Crippen LogP contribution >= 0.6 is 23.2 Å². The Kier molecular flexibility index (Phi) is 5.70. The Balaban J connectivity index is 1.89. The molecule has 1 aliphatic rings. The molecule has 1 aliphatic carbocycles. The van der Waals surface area contributed by atoms with Gasteiger partial charge in [0.15, 0.2) is 0 Å². The highest BCUT2D eigenvalue weighted by Gasteiger charge is 2.22. The molecule has 0 saturated heterocycles. The van der Waals surface area contributed by atoms with E-state index < -0.39 is 6.10 Å². The monoisotopic (exact) mass is 315 g/mol. The van der Waals surface area contributed by atoms with Gasteiger partial charge < -0.3 is 10.4 Å². The molecule has 1 unspecified atom stereocenters. The van der Waals surface area contributed by atoms with Crippen LogP contribution in [0.4, 0.5) is 0 Å². The van der Waals surface area contributed by atoms with Gasteiger partial charge in [-0.05, 0) is 37.0 Å². The second-order valence-electron chi connectivity index (χ2n) is 5.30. The Bertz CT molecular complexity index is 473. The summed E-state index contributed by atoms with van der Waals surface area (Å²) in [5.74, 6) is -0.00811. The minimum absolute atomic E-state index is 0.256. The van der Waals surface area contributed by atoms with Gasteiger partial charge >= 0.3 is 0 Å². The van der Waals surface area contributed by atoms with E-state index in [-0.39, 0.29) is 12.5 Å². The zero-order valence-electron chi connectivity index (χ0n) is 11.2. The number of aliphatic hydroxyl groups excluding tert-OH is 1. The number of carbonyl (C=O) groups is 1. The van der Waals surface area contributed by atoms with Crippen molar-refractivity contribution >= 4 is 29.1 Å². The van der Waals surface area contributed by atoms with E-state index in [4.69, 9.17) is 23.2 Å². The number of benzene rings is 1. The molecule has 110 valence electrons. The molecule has 1 aromatic rings. The molecular weight excluding hydrogens is 297 g/mol. The van der Waals surface area contributed by atoms with Crippen molar-refractivity contribution in [2.24, 2.45) is 5.92 Å². The van der Waals surface area contributed by atoms with Crippen molar-refractivity contribution < 1.29 is 9.90 Å². The van der Waals surface area contributed by atoms with Crippen LogP contribution in [0.1, 0.15) is 42.5 Å². The maximum atomic E-state index is 12.0. The van der Waals surface area contributed by atoms with Crippen LogP contribution in [0.3, 0.4) is 0 Å². The summed E-state index contributed by atoms with van der Waals surface area (Å²) in [7, 11) is 0. The van der Waals surface area contributed by atoms with Gasteiger partial charge in [0.2, 0.25) is 0 Å². The third-order valence-electron chi connectivity index (χ3n) is 3.84. The standard InChI is InChI=1S/C15H19Cl2NO2/c16-11-6-7-13(17)12(8-11)15(20)18-9-14(19)10-4-2-1-3-5-10/h6-8,10,14,19H,1-5,9H2,(H,18,20). The maximum absolute atomic E-state index is 12.0. The van der Waals surface area contributed by atoms with E-state index in [1.165, 1.54) is 12.5 Å². The minimum Gasteiger partial charge on any atom is -0.391 e. The average molecular weight is 316 g/mol. The number of hydrogen-bond donors (Lipinski definition) is 2. The minimum atomic E-state index is -0.489. The van der Waals surface area contributed by atoms with Gasteiger partial charge in [0.05, 0.1) is 16.7 Å². The van der Waals surface area contributed by atoms with Gasteiger partial charge in [-0.1, -0.05) is 42.5 Å². The molecule has 3 nitrogen and oxygen atoms in total. The summed E-state index contributed by atoms with van der Waals surface area (Å²) in [5.41, 5.74) is 0.343. The molecular formula is C15H19Cl2NO2. The number of aliphatic hydroxyl groups is 1. The first-order chi connectivity index (χ1) is 9.58. The molecule has 20 heavy (non-hydrogen) atoms. The van der Waals surface area contributed by atoms with E-state index in [1.807, 2.05) is 0 Å². The van der Waals surface area contributed by atoms with Gasteiger partial charge in [-0.2, -0.15) is 0 Å². The molecule has 0 bridgehead atoms. The normalized spacial score (nSPS) is 17.8. The maximum Gasteiger partial charge on any atom is 0.252 e. The molecule has 1 fully saturated rings. The average Bonchev–Trinajstić information content (AvgIpc) is 2.47. The molecule has 1 atom stereocenters. The fourth-order valence-electron chi connectivity index (χ4n) is 2.65. The smallest absolute Gasteiger partial charge is 0.252 e. The first kappa shape index (κ1) is 15.6. The molecule has 0 aliphatic heterocycles. The molecule has 0 spiro atoms. The van der Waals surface area contributed by atoms with Crippen molar-refractivity contribution in [3.63, 3.8) is 0 Å². The van der Waals surface area contributed by atoms with Crippen molar-refractivity contribution in [1.29, 1.82) is 0 Å². The van der Waals surface area contributed by atoms with Crippen molar-refractivity contribution in [2.45, 2.75) is 38.2 Å². The lowest BCUT2D eigenvalue weighted by atomic mass is 9.85. The highest BCUT2D eigenvalue weighted by molar-refractivity contribution is 6.35. The van der Waals surface area contributed by atoms with E-state index in [0.717, 1.165) is 25.7 Å². The van der Waals surface area contributed by atoms with Crippen LogP contribution < -0.4 is 5.32 Å². The highest BCUT2D eigenvalue weighted by Crippen LogP contribution is 2.26. The number of hydrogen-bond acceptors (Lipinski definition) is 2. The Morgan fingerprint density at radius 2 is 2.00 bits per heavy atom. The Hall–Kier alpha value is -0.770. The van der Waals surface area contributed by atoms with E-state index >= 15 is 0 Å². The Morgan fingerprint density at radius 3 is 2.70 bits per heavy atom. The lowest BCUT2D eigenvalue weighted by Gasteiger charge is -2.26. The van der Waals surface area contributed by atoms with Crippen molar-refractivity contribution in [3.8, 4) is 0 Å². The zero-order chi connectivity index (χ0) is 14.5. The van der Waals surface area contributed by atoms with Gasteiger partial charge in [0.25, 0.3) is 5.91 Å². The largest absolute Gasteiger partial charge is 0.391 e. The van der Waals surface area contributed by atoms with E-state index in [9.17, 15) is 9.90 Å². The SMILES string of the molecule is O=C(NCC(O)C1CCCCC1)c1cc(Cl)ccc1Cl. The molecule has 1 saturated carbocycles. The van der Waals surface area contributed by atoms with Crippen LogP contribution in [-0.4, -0.2) is 23.7 Å². The molecule has 2 rings (SSSR count). The summed E-state index contributed by atoms with van der Waals surface area (Å²) < 4.78 is 0. The molecule has 1 amide bonds. The van der Waals surface area contributed by atoms with Crippen LogP contribution in [0.25, 0.3) is 0 Å². The summed E-state index contributed by atoms with van der Waals surface area (Å²) in [6.07, 6.45) is 5.15. The second-order valence-corrected chi connectivity index (χ2v) is 6.14. The van der Waals surface area contributed by atoms with Crippen molar-refractivity contribution in [3.05, 3.63) is 33.8 Å². The fraction of sp³-hybridized carbons (Fsp3) is 0.533. The fourth-order valence-corrected chi connectivity index (χ4v) is 3.03. The molecule has 0 heterocycles. The van der Waals surface area contributed by atoms with Crippen LogP contribution in [0.2, 0.25) is 10.0 Å². The number of carbonyl (C=O) groups excluding carboxylic acids is 1. The summed E-state index contributed by atoms with van der Waals surface area (Å²) >= 11 is 11.8. The summed E-state index contributed by atoms with van der Waals surface area (Å²) in [6, 6.07) is 4.76. The van der Waals surface area contributed by atoms with Gasteiger partial charge in [-0.25, -0.2) is 0 Å². The van der Waals surface area contributed by atoms with Gasteiger partial charge in [0.1, 0.15) is 0 Å². The lowest BCUT2D eigenvalue weighted by Crippen LogP contribution is -2.37. The third-order valence-corrected chi connectivity index (χ3v) is 4.40. The Labute approximate surface area is 129 Å². The van der Waals surface area contributed by atoms with Crippen LogP contribution in [0.5, 0.6) is 0 Å². The quantitative estimate of drug-likeness (QED) is 0.890. The molecule has 5 heteroatoms. The predicted octanol–water partition coefficient (Wildman–Crippen LogP) is 3.66. The topological polar surface area (TPSA) is 49.3 Å². The van der Waals surface area contributed by atoms with E-state index in [0.29, 0.717) is 21.5 Å². The van der Waals surface area contributed by atoms with Gasteiger partial charge in [0, 0.05) is 11.6 Å². The summed E-state index contributed by atoms with van der Waals surface area (Å²) in [5, 5.41) is 13.7. The second kappa shape index (κ2) is 7.30. The molecule has 0 aromatic heterocycles. The molecule has 1 aromatic carbocycles. The molecule has 0 radical (unpaired) electrons.